The second kappa shape index (κ2) is 6.01. The van der Waals surface area contributed by atoms with Crippen LogP contribution >= 0.6 is 0 Å². The van der Waals surface area contributed by atoms with Crippen LogP contribution in [0.25, 0.3) is 0 Å². The molecule has 0 aromatic heterocycles. The van der Waals surface area contributed by atoms with Crippen LogP contribution < -0.4 is 10.2 Å². The summed E-state index contributed by atoms with van der Waals surface area (Å²) in [4.78, 5) is 25.7. The Kier molecular flexibility index (Phi) is 4.26. The summed E-state index contributed by atoms with van der Waals surface area (Å²) in [5, 5.41) is 1.77. The number of carbonyl (C=O) groups excluding carboxylic acids is 2. The Labute approximate surface area is 141 Å². The fourth-order valence-corrected chi connectivity index (χ4v) is 5.42. The molecule has 10 heteroatoms. The molecule has 0 unspecified atom stereocenters. The highest BCUT2D eigenvalue weighted by molar-refractivity contribution is 7.91. The molecule has 1 N–H and O–H groups in total. The lowest BCUT2D eigenvalue weighted by Crippen LogP contribution is -2.39. The van der Waals surface area contributed by atoms with Crippen molar-refractivity contribution >= 4 is 27.3 Å². The molecule has 25 heavy (non-hydrogen) atoms. The van der Waals surface area contributed by atoms with Crippen molar-refractivity contribution in [2.24, 2.45) is 5.92 Å². The fourth-order valence-electron chi connectivity index (χ4n) is 3.35. The van der Waals surface area contributed by atoms with Crippen molar-refractivity contribution < 1.29 is 31.2 Å². The Morgan fingerprint density at radius 2 is 1.92 bits per heavy atom. The maximum absolute atomic E-state index is 12.3. The molecule has 2 aliphatic rings. The van der Waals surface area contributed by atoms with Crippen molar-refractivity contribution in [1.29, 1.82) is 0 Å². The van der Waals surface area contributed by atoms with Crippen molar-refractivity contribution in [3.8, 4) is 0 Å². The van der Waals surface area contributed by atoms with Gasteiger partial charge >= 0.3 is 6.18 Å². The van der Waals surface area contributed by atoms with E-state index in [0.717, 1.165) is 0 Å². The molecule has 0 radical (unpaired) electrons. The minimum atomic E-state index is -4.56. The zero-order valence-electron chi connectivity index (χ0n) is 12.9. The molecule has 2 saturated heterocycles. The Balaban J connectivity index is 1.90. The number of halogens is 3. The van der Waals surface area contributed by atoms with Crippen LogP contribution in [0.4, 0.5) is 18.9 Å². The quantitative estimate of drug-likeness (QED) is 0.857. The molecule has 0 aliphatic carbocycles. The first-order valence-corrected chi connectivity index (χ1v) is 9.36. The second-order valence-corrected chi connectivity index (χ2v) is 8.34. The summed E-state index contributed by atoms with van der Waals surface area (Å²) in [6, 6.07) is 5.17. The minimum Gasteiger partial charge on any atom is -0.343 e. The highest BCUT2D eigenvalue weighted by atomic mass is 32.2. The van der Waals surface area contributed by atoms with Crippen molar-refractivity contribution in [2.75, 3.05) is 23.0 Å². The molecule has 0 spiro atoms. The minimum absolute atomic E-state index is 0.0440. The summed E-state index contributed by atoms with van der Waals surface area (Å²) in [7, 11) is -3.28. The number of sulfone groups is 1. The Bertz CT molecular complexity index is 822. The number of nitrogens with one attached hydrogen (secondary N) is 1. The molecule has 2 fully saturated rings. The van der Waals surface area contributed by atoms with E-state index in [-0.39, 0.29) is 41.0 Å². The van der Waals surface area contributed by atoms with Gasteiger partial charge in [-0.1, -0.05) is 12.1 Å². The molecule has 3 rings (SSSR count). The SMILES string of the molecule is O=C(NCC(F)(F)F)c1ccccc1N1C(=O)C[C@H]2CS(=O)(=O)C[C@H]21. The van der Waals surface area contributed by atoms with Gasteiger partial charge in [-0.05, 0) is 12.1 Å². The van der Waals surface area contributed by atoms with Crippen LogP contribution in [0.2, 0.25) is 0 Å². The Hall–Kier alpha value is -2.10. The smallest absolute Gasteiger partial charge is 0.343 e. The number of nitrogens with zero attached hydrogens (tertiary/aromatic N) is 1. The van der Waals surface area contributed by atoms with Gasteiger partial charge in [0.05, 0.1) is 28.8 Å². The van der Waals surface area contributed by atoms with E-state index >= 15 is 0 Å². The maximum atomic E-state index is 12.3. The standard InChI is InChI=1S/C15H15F3N2O4S/c16-15(17,18)8-19-14(22)10-3-1-2-4-11(10)20-12-7-25(23,24)6-9(12)5-13(20)21/h1-4,9,12H,5-8H2,(H,19,22)/t9-,12+/m0/s1. The van der Waals surface area contributed by atoms with Crippen LogP contribution in [0.3, 0.4) is 0 Å². The third kappa shape index (κ3) is 3.63. The van der Waals surface area contributed by atoms with Crippen molar-refractivity contribution in [1.82, 2.24) is 5.32 Å². The van der Waals surface area contributed by atoms with Crippen LogP contribution in [-0.4, -0.2) is 50.5 Å². The average molecular weight is 376 g/mol. The molecular formula is C15H15F3N2O4S. The third-order valence-corrected chi connectivity index (χ3v) is 6.12. The molecule has 2 aliphatic heterocycles. The molecule has 136 valence electrons. The number of fused-ring (bicyclic) bond motifs is 1. The largest absolute Gasteiger partial charge is 0.405 e. The Morgan fingerprint density at radius 1 is 1.24 bits per heavy atom. The van der Waals surface area contributed by atoms with Crippen LogP contribution in [0.1, 0.15) is 16.8 Å². The summed E-state index contributed by atoms with van der Waals surface area (Å²) in [5.74, 6) is -1.96. The lowest BCUT2D eigenvalue weighted by molar-refractivity contribution is -0.123. The number of para-hydroxylation sites is 1. The number of carbonyl (C=O) groups is 2. The molecule has 6 nitrogen and oxygen atoms in total. The summed E-state index contributed by atoms with van der Waals surface area (Å²) in [6.45, 7) is -1.49. The highest BCUT2D eigenvalue weighted by Crippen LogP contribution is 2.38. The zero-order valence-corrected chi connectivity index (χ0v) is 13.7. The number of anilines is 1. The maximum Gasteiger partial charge on any atom is 0.405 e. The van der Waals surface area contributed by atoms with E-state index in [1.54, 1.807) is 11.4 Å². The number of alkyl halides is 3. The summed E-state index contributed by atoms with van der Waals surface area (Å²) in [5.41, 5.74) is 0.0434. The van der Waals surface area contributed by atoms with Gasteiger partial charge in [-0.15, -0.1) is 0 Å². The molecular weight excluding hydrogens is 361 g/mol. The van der Waals surface area contributed by atoms with E-state index in [1.165, 1.54) is 23.1 Å². The number of hydrogen-bond donors (Lipinski definition) is 1. The van der Waals surface area contributed by atoms with E-state index < -0.39 is 34.5 Å². The van der Waals surface area contributed by atoms with Crippen molar-refractivity contribution in [2.45, 2.75) is 18.6 Å². The van der Waals surface area contributed by atoms with Gasteiger partial charge < -0.3 is 10.2 Å². The molecule has 2 atom stereocenters. The van der Waals surface area contributed by atoms with Gasteiger partial charge in [0.25, 0.3) is 5.91 Å². The second-order valence-electron chi connectivity index (χ2n) is 6.19. The lowest BCUT2D eigenvalue weighted by atomic mass is 10.0. The van der Waals surface area contributed by atoms with Crippen LogP contribution in [0.5, 0.6) is 0 Å². The summed E-state index contributed by atoms with van der Waals surface area (Å²) >= 11 is 0. The van der Waals surface area contributed by atoms with E-state index in [1.807, 2.05) is 0 Å². The summed E-state index contributed by atoms with van der Waals surface area (Å²) < 4.78 is 60.6. The van der Waals surface area contributed by atoms with Crippen LogP contribution in [0.15, 0.2) is 24.3 Å². The van der Waals surface area contributed by atoms with Gasteiger partial charge in [0.1, 0.15) is 6.54 Å². The van der Waals surface area contributed by atoms with Gasteiger partial charge in [-0.2, -0.15) is 13.2 Å². The number of hydrogen-bond acceptors (Lipinski definition) is 4. The van der Waals surface area contributed by atoms with Crippen LogP contribution in [-0.2, 0) is 14.6 Å². The highest BCUT2D eigenvalue weighted by Gasteiger charge is 2.49. The van der Waals surface area contributed by atoms with E-state index in [4.69, 9.17) is 0 Å². The predicted molar refractivity (Wildman–Crippen MR) is 82.9 cm³/mol. The van der Waals surface area contributed by atoms with Gasteiger partial charge in [-0.25, -0.2) is 8.42 Å². The first-order valence-electron chi connectivity index (χ1n) is 7.54. The topological polar surface area (TPSA) is 83.6 Å². The lowest BCUT2D eigenvalue weighted by Gasteiger charge is -2.25. The van der Waals surface area contributed by atoms with Gasteiger partial charge in [0.2, 0.25) is 5.91 Å². The molecule has 2 amide bonds. The monoisotopic (exact) mass is 376 g/mol. The number of amides is 2. The molecule has 0 saturated carbocycles. The molecule has 1 aromatic carbocycles. The van der Waals surface area contributed by atoms with Crippen molar-refractivity contribution in [3.63, 3.8) is 0 Å². The van der Waals surface area contributed by atoms with Crippen molar-refractivity contribution in [3.05, 3.63) is 29.8 Å². The van der Waals surface area contributed by atoms with E-state index in [2.05, 4.69) is 0 Å². The third-order valence-electron chi connectivity index (χ3n) is 4.33. The van der Waals surface area contributed by atoms with Gasteiger partial charge in [0, 0.05) is 12.3 Å². The molecule has 2 heterocycles. The van der Waals surface area contributed by atoms with E-state index in [0.29, 0.717) is 0 Å². The fraction of sp³-hybridized carbons (Fsp3) is 0.467. The predicted octanol–water partition coefficient (Wildman–Crippen LogP) is 1.13. The molecule has 1 aromatic rings. The average Bonchev–Trinajstić information content (AvgIpc) is 2.94. The number of rotatable bonds is 3. The first-order chi connectivity index (χ1) is 11.6. The first kappa shape index (κ1) is 17.7. The summed E-state index contributed by atoms with van der Waals surface area (Å²) in [6.07, 6.45) is -4.51. The van der Waals surface area contributed by atoms with E-state index in [9.17, 15) is 31.2 Å². The zero-order chi connectivity index (χ0) is 18.4. The number of benzene rings is 1. The van der Waals surface area contributed by atoms with Gasteiger partial charge in [-0.3, -0.25) is 9.59 Å². The van der Waals surface area contributed by atoms with Crippen LogP contribution in [0, 0.1) is 5.92 Å². The van der Waals surface area contributed by atoms with Gasteiger partial charge in [0.15, 0.2) is 9.84 Å². The Morgan fingerprint density at radius 3 is 2.60 bits per heavy atom. The molecule has 0 bridgehead atoms. The normalized spacial score (nSPS) is 25.1.